The highest BCUT2D eigenvalue weighted by molar-refractivity contribution is 6.35. The summed E-state index contributed by atoms with van der Waals surface area (Å²) in [4.78, 5) is 30.8. The highest BCUT2D eigenvalue weighted by Crippen LogP contribution is 2.48. The lowest BCUT2D eigenvalue weighted by molar-refractivity contribution is -0.124. The Morgan fingerprint density at radius 3 is 2.46 bits per heavy atom. The average Bonchev–Trinajstić information content (AvgIpc) is 3.35. The van der Waals surface area contributed by atoms with Gasteiger partial charge in [0.2, 0.25) is 11.8 Å². The molecule has 0 unspecified atom stereocenters. The highest BCUT2D eigenvalue weighted by atomic mass is 35.5. The molecule has 2 amide bonds. The molecule has 0 aliphatic carbocycles. The maximum atomic E-state index is 12.7. The number of fused-ring (bicyclic) bond motifs is 5. The smallest absolute Gasteiger partial charge is 0.258 e. The summed E-state index contributed by atoms with van der Waals surface area (Å²) in [5, 5.41) is 5.38. The molecule has 3 fully saturated rings. The van der Waals surface area contributed by atoms with E-state index in [1.54, 1.807) is 22.9 Å². The van der Waals surface area contributed by atoms with Crippen molar-refractivity contribution in [2.75, 3.05) is 4.90 Å². The van der Waals surface area contributed by atoms with E-state index >= 15 is 0 Å². The van der Waals surface area contributed by atoms with Crippen LogP contribution in [0, 0.1) is 11.8 Å². The summed E-state index contributed by atoms with van der Waals surface area (Å²) in [6.07, 6.45) is 2.84. The lowest BCUT2D eigenvalue weighted by Gasteiger charge is -2.14. The second-order valence-corrected chi connectivity index (χ2v) is 7.68. The Labute approximate surface area is 158 Å². The normalized spacial score (nSPS) is 29.7. The predicted octanol–water partition coefficient (Wildman–Crippen LogP) is 2.30. The third kappa shape index (κ3) is 2.31. The second kappa shape index (κ2) is 5.77. The van der Waals surface area contributed by atoms with E-state index in [1.807, 2.05) is 0 Å². The molecule has 7 nitrogen and oxygen atoms in total. The van der Waals surface area contributed by atoms with Gasteiger partial charge in [-0.15, -0.1) is 5.10 Å². The molecule has 4 heterocycles. The number of ether oxygens (including phenoxy) is 1. The van der Waals surface area contributed by atoms with Gasteiger partial charge in [-0.3, -0.25) is 9.59 Å². The van der Waals surface area contributed by atoms with Crippen LogP contribution < -0.4 is 4.90 Å². The lowest BCUT2D eigenvalue weighted by atomic mass is 9.81. The molecule has 0 N–H and O–H groups in total. The fourth-order valence-electron chi connectivity index (χ4n) is 4.20. The van der Waals surface area contributed by atoms with Gasteiger partial charge in [0.25, 0.3) is 5.95 Å². The van der Waals surface area contributed by atoms with E-state index in [0.717, 1.165) is 23.3 Å². The molecule has 26 heavy (non-hydrogen) atoms. The van der Waals surface area contributed by atoms with Crippen LogP contribution in [0.5, 0.6) is 0 Å². The van der Waals surface area contributed by atoms with Gasteiger partial charge in [-0.1, -0.05) is 29.3 Å². The van der Waals surface area contributed by atoms with Crippen molar-refractivity contribution in [2.24, 2.45) is 11.8 Å². The predicted molar refractivity (Wildman–Crippen MR) is 93.0 cm³/mol. The standard InChI is InChI=1S/C17H14Cl2N4O3/c18-9-2-1-8(10(19)5-9)6-22-7-20-17(21-22)23-15(24)13-11-3-4-12(26-11)14(13)16(23)25/h1-2,5,7,11-14H,3-4,6H2/t11-,12-,13-,14+/m0/s1. The number of rotatable bonds is 3. The Balaban J connectivity index is 1.40. The molecule has 2 aromatic rings. The number of amides is 2. The van der Waals surface area contributed by atoms with Crippen LogP contribution in [-0.4, -0.2) is 38.8 Å². The van der Waals surface area contributed by atoms with E-state index in [0.29, 0.717) is 16.6 Å². The maximum Gasteiger partial charge on any atom is 0.258 e. The number of carbonyl (C=O) groups excluding carboxylic acids is 2. The summed E-state index contributed by atoms with van der Waals surface area (Å²) in [6, 6.07) is 5.20. The summed E-state index contributed by atoms with van der Waals surface area (Å²) >= 11 is 12.1. The van der Waals surface area contributed by atoms with Gasteiger partial charge in [-0.25, -0.2) is 9.58 Å². The van der Waals surface area contributed by atoms with Crippen LogP contribution in [0.15, 0.2) is 24.5 Å². The van der Waals surface area contributed by atoms with Crippen molar-refractivity contribution in [3.05, 3.63) is 40.1 Å². The number of aromatic nitrogens is 3. The fraction of sp³-hybridized carbons (Fsp3) is 0.412. The van der Waals surface area contributed by atoms with E-state index in [-0.39, 0.29) is 41.8 Å². The molecule has 0 saturated carbocycles. The zero-order chi connectivity index (χ0) is 18.0. The van der Waals surface area contributed by atoms with Gasteiger partial charge >= 0.3 is 0 Å². The number of halogens is 2. The third-order valence-electron chi connectivity index (χ3n) is 5.36. The minimum atomic E-state index is -0.390. The number of hydrogen-bond acceptors (Lipinski definition) is 5. The van der Waals surface area contributed by atoms with Gasteiger partial charge in [-0.05, 0) is 30.5 Å². The molecule has 3 saturated heterocycles. The number of hydrogen-bond donors (Lipinski definition) is 0. The molecule has 5 rings (SSSR count). The summed E-state index contributed by atoms with van der Waals surface area (Å²) < 4.78 is 7.28. The van der Waals surface area contributed by atoms with E-state index in [9.17, 15) is 9.59 Å². The van der Waals surface area contributed by atoms with E-state index in [1.165, 1.54) is 6.33 Å². The summed E-state index contributed by atoms with van der Waals surface area (Å²) in [6.45, 7) is 0.362. The quantitative estimate of drug-likeness (QED) is 0.748. The summed E-state index contributed by atoms with van der Waals surface area (Å²) in [5.41, 5.74) is 0.815. The first-order valence-electron chi connectivity index (χ1n) is 8.39. The monoisotopic (exact) mass is 392 g/mol. The molecule has 0 spiro atoms. The molecule has 9 heteroatoms. The van der Waals surface area contributed by atoms with E-state index < -0.39 is 0 Å². The highest BCUT2D eigenvalue weighted by Gasteiger charge is 2.63. The van der Waals surface area contributed by atoms with Crippen molar-refractivity contribution in [1.29, 1.82) is 0 Å². The largest absolute Gasteiger partial charge is 0.373 e. The zero-order valence-electron chi connectivity index (χ0n) is 13.5. The summed E-state index contributed by atoms with van der Waals surface area (Å²) in [7, 11) is 0. The average molecular weight is 393 g/mol. The molecular formula is C17H14Cl2N4O3. The van der Waals surface area contributed by atoms with Crippen LogP contribution in [0.2, 0.25) is 10.0 Å². The van der Waals surface area contributed by atoms with Crippen LogP contribution in [0.3, 0.4) is 0 Å². The Bertz CT molecular complexity index is 902. The van der Waals surface area contributed by atoms with Crippen LogP contribution >= 0.6 is 23.2 Å². The van der Waals surface area contributed by atoms with Crippen molar-refractivity contribution >= 4 is 41.0 Å². The third-order valence-corrected chi connectivity index (χ3v) is 5.94. The van der Waals surface area contributed by atoms with Gasteiger partial charge in [-0.2, -0.15) is 4.98 Å². The topological polar surface area (TPSA) is 77.3 Å². The van der Waals surface area contributed by atoms with Gasteiger partial charge in [0, 0.05) is 10.0 Å². The molecule has 4 atom stereocenters. The SMILES string of the molecule is O=C1[C@@H]2[C@H](C(=O)N1c1ncn(Cc3ccc(Cl)cc3Cl)n1)[C@@H]1CC[C@@H]2O1. The summed E-state index contributed by atoms with van der Waals surface area (Å²) in [5.74, 6) is -1.18. The molecule has 1 aromatic carbocycles. The van der Waals surface area contributed by atoms with Gasteiger partial charge < -0.3 is 4.74 Å². The van der Waals surface area contributed by atoms with Crippen molar-refractivity contribution in [1.82, 2.24) is 14.8 Å². The fourth-order valence-corrected chi connectivity index (χ4v) is 4.67. The van der Waals surface area contributed by atoms with Crippen LogP contribution in [-0.2, 0) is 20.9 Å². The Hall–Kier alpha value is -1.96. The first-order valence-corrected chi connectivity index (χ1v) is 9.15. The minimum absolute atomic E-state index is 0.110. The lowest BCUT2D eigenvalue weighted by Crippen LogP contribution is -2.35. The Morgan fingerprint density at radius 2 is 1.81 bits per heavy atom. The second-order valence-electron chi connectivity index (χ2n) is 6.83. The van der Waals surface area contributed by atoms with Crippen molar-refractivity contribution < 1.29 is 14.3 Å². The molecular weight excluding hydrogens is 379 g/mol. The van der Waals surface area contributed by atoms with E-state index in [4.69, 9.17) is 27.9 Å². The van der Waals surface area contributed by atoms with Crippen molar-refractivity contribution in [3.63, 3.8) is 0 Å². The van der Waals surface area contributed by atoms with Crippen LogP contribution in [0.4, 0.5) is 5.95 Å². The Kier molecular flexibility index (Phi) is 3.60. The number of anilines is 1. The van der Waals surface area contributed by atoms with Gasteiger partial charge in [0.05, 0.1) is 30.6 Å². The first kappa shape index (κ1) is 16.2. The number of benzene rings is 1. The minimum Gasteiger partial charge on any atom is -0.373 e. The number of nitrogens with zero attached hydrogens (tertiary/aromatic N) is 4. The first-order chi connectivity index (χ1) is 12.5. The number of carbonyl (C=O) groups is 2. The maximum absolute atomic E-state index is 12.7. The molecule has 134 valence electrons. The molecule has 1 aromatic heterocycles. The van der Waals surface area contributed by atoms with Gasteiger partial charge in [0.15, 0.2) is 0 Å². The van der Waals surface area contributed by atoms with Crippen LogP contribution in [0.25, 0.3) is 0 Å². The van der Waals surface area contributed by atoms with Crippen LogP contribution in [0.1, 0.15) is 18.4 Å². The zero-order valence-corrected chi connectivity index (χ0v) is 15.0. The molecule has 3 aliphatic heterocycles. The Morgan fingerprint density at radius 1 is 1.12 bits per heavy atom. The molecule has 2 bridgehead atoms. The van der Waals surface area contributed by atoms with Gasteiger partial charge in [0.1, 0.15) is 6.33 Å². The van der Waals surface area contributed by atoms with Crippen molar-refractivity contribution in [3.8, 4) is 0 Å². The number of imide groups is 1. The van der Waals surface area contributed by atoms with E-state index in [2.05, 4.69) is 10.1 Å². The van der Waals surface area contributed by atoms with Crippen molar-refractivity contribution in [2.45, 2.75) is 31.6 Å². The molecule has 0 radical (unpaired) electrons. The molecule has 3 aliphatic rings.